The van der Waals surface area contributed by atoms with E-state index in [1.807, 2.05) is 0 Å². The lowest BCUT2D eigenvalue weighted by molar-refractivity contribution is -0.0575. The maximum Gasteiger partial charge on any atom is 0.0639 e. The molecule has 0 amide bonds. The predicted molar refractivity (Wildman–Crippen MR) is 47.7 cm³/mol. The molecular weight excluding hydrogens is 148 g/mol. The Morgan fingerprint density at radius 2 is 1.92 bits per heavy atom. The largest absolute Gasteiger partial charge is 0.392 e. The molecule has 0 saturated heterocycles. The van der Waals surface area contributed by atoms with Gasteiger partial charge in [-0.3, -0.25) is 0 Å². The third-order valence-electron chi connectivity index (χ3n) is 4.54. The Kier molecular flexibility index (Phi) is 1.16. The molecule has 1 heteroatoms. The highest BCUT2D eigenvalue weighted by atomic mass is 16.3. The second kappa shape index (κ2) is 1.95. The number of aliphatic hydroxyl groups excluding tert-OH is 1. The third kappa shape index (κ3) is 0.545. The van der Waals surface area contributed by atoms with E-state index in [-0.39, 0.29) is 11.5 Å². The Hall–Kier alpha value is -0.300. The van der Waals surface area contributed by atoms with Crippen LogP contribution >= 0.6 is 0 Å². The summed E-state index contributed by atoms with van der Waals surface area (Å²) in [7, 11) is 0. The molecule has 3 rings (SSSR count). The highest BCUT2D eigenvalue weighted by molar-refractivity contribution is 5.32. The summed E-state index contributed by atoms with van der Waals surface area (Å²) in [5.74, 6) is 0. The van der Waals surface area contributed by atoms with E-state index in [2.05, 4.69) is 12.2 Å². The Morgan fingerprint density at radius 3 is 2.58 bits per heavy atom. The van der Waals surface area contributed by atoms with Crippen molar-refractivity contribution in [3.8, 4) is 0 Å². The lowest BCUT2D eigenvalue weighted by Crippen LogP contribution is -2.52. The summed E-state index contributed by atoms with van der Waals surface area (Å²) in [6.45, 7) is 0. The van der Waals surface area contributed by atoms with E-state index in [9.17, 15) is 5.11 Å². The molecule has 12 heavy (non-hydrogen) atoms. The van der Waals surface area contributed by atoms with Crippen molar-refractivity contribution in [2.24, 2.45) is 10.8 Å². The number of hydrogen-bond acceptors (Lipinski definition) is 1. The van der Waals surface area contributed by atoms with Crippen molar-refractivity contribution < 1.29 is 5.11 Å². The van der Waals surface area contributed by atoms with E-state index < -0.39 is 0 Å². The molecular formula is C11H16O. The lowest BCUT2D eigenvalue weighted by Gasteiger charge is -2.55. The van der Waals surface area contributed by atoms with Gasteiger partial charge in [0.15, 0.2) is 0 Å². The van der Waals surface area contributed by atoms with E-state index in [1.165, 1.54) is 32.1 Å². The summed E-state index contributed by atoms with van der Waals surface area (Å²) in [6.07, 6.45) is 12.1. The molecule has 1 nitrogen and oxygen atoms in total. The lowest BCUT2D eigenvalue weighted by atomic mass is 9.50. The minimum absolute atomic E-state index is 0.0289. The van der Waals surface area contributed by atoms with Gasteiger partial charge in [-0.1, -0.05) is 18.6 Å². The highest BCUT2D eigenvalue weighted by Gasteiger charge is 2.61. The van der Waals surface area contributed by atoms with Gasteiger partial charge < -0.3 is 5.11 Å². The van der Waals surface area contributed by atoms with Crippen LogP contribution in [0, 0.1) is 10.8 Å². The van der Waals surface area contributed by atoms with E-state index in [1.54, 1.807) is 0 Å². The molecule has 0 aliphatic heterocycles. The van der Waals surface area contributed by atoms with Crippen molar-refractivity contribution in [2.45, 2.75) is 44.6 Å². The number of allylic oxidation sites excluding steroid dienone is 1. The minimum Gasteiger partial charge on any atom is -0.392 e. The fourth-order valence-corrected chi connectivity index (χ4v) is 3.80. The monoisotopic (exact) mass is 164 g/mol. The van der Waals surface area contributed by atoms with Crippen LogP contribution in [0.2, 0.25) is 0 Å². The smallest absolute Gasteiger partial charge is 0.0639 e. The summed E-state index contributed by atoms with van der Waals surface area (Å²) in [6, 6.07) is 0. The molecule has 2 fully saturated rings. The Morgan fingerprint density at radius 1 is 1.08 bits per heavy atom. The van der Waals surface area contributed by atoms with Crippen LogP contribution in [0.4, 0.5) is 0 Å². The maximum atomic E-state index is 10.0. The molecule has 0 aromatic heterocycles. The van der Waals surface area contributed by atoms with Crippen LogP contribution < -0.4 is 0 Å². The zero-order valence-electron chi connectivity index (χ0n) is 7.42. The van der Waals surface area contributed by atoms with Crippen molar-refractivity contribution in [1.82, 2.24) is 0 Å². The van der Waals surface area contributed by atoms with Gasteiger partial charge in [-0.25, -0.2) is 0 Å². The van der Waals surface area contributed by atoms with E-state index in [0.717, 1.165) is 6.42 Å². The molecule has 0 aromatic rings. The van der Waals surface area contributed by atoms with E-state index in [0.29, 0.717) is 5.41 Å². The fourth-order valence-electron chi connectivity index (χ4n) is 3.80. The standard InChI is InChI=1S/C11H16O/c12-9-3-1-4-10-5-2-6-11(9,10)8-7-10/h7-9,12H,1-6H2/t9-,10-,11+/m1/s1. The normalized spacial score (nSPS) is 55.9. The topological polar surface area (TPSA) is 20.2 Å². The van der Waals surface area contributed by atoms with Crippen LogP contribution in [0.1, 0.15) is 38.5 Å². The second-order valence-corrected chi connectivity index (χ2v) is 4.79. The fraction of sp³-hybridized carbons (Fsp3) is 0.818. The average Bonchev–Trinajstić information content (AvgIpc) is 2.31. The summed E-state index contributed by atoms with van der Waals surface area (Å²) in [5, 5.41) is 10.0. The second-order valence-electron chi connectivity index (χ2n) is 4.79. The van der Waals surface area contributed by atoms with Gasteiger partial charge in [0.05, 0.1) is 6.10 Å². The van der Waals surface area contributed by atoms with Gasteiger partial charge in [0, 0.05) is 5.41 Å². The predicted octanol–water partition coefficient (Wildman–Crippen LogP) is 2.26. The first-order valence-corrected chi connectivity index (χ1v) is 5.18. The van der Waals surface area contributed by atoms with Crippen LogP contribution in [0.25, 0.3) is 0 Å². The van der Waals surface area contributed by atoms with Gasteiger partial charge in [0.1, 0.15) is 0 Å². The van der Waals surface area contributed by atoms with Crippen LogP contribution in [-0.4, -0.2) is 11.2 Å². The maximum absolute atomic E-state index is 10.0. The number of hydrogen-bond donors (Lipinski definition) is 1. The van der Waals surface area contributed by atoms with Gasteiger partial charge in [0.2, 0.25) is 0 Å². The van der Waals surface area contributed by atoms with Crippen molar-refractivity contribution in [2.75, 3.05) is 0 Å². The van der Waals surface area contributed by atoms with Gasteiger partial charge in [-0.2, -0.15) is 0 Å². The molecule has 66 valence electrons. The summed E-state index contributed by atoms with van der Waals surface area (Å²) >= 11 is 0. The molecule has 0 unspecified atom stereocenters. The Balaban J connectivity index is 2.06. The highest BCUT2D eigenvalue weighted by Crippen LogP contribution is 2.67. The summed E-state index contributed by atoms with van der Waals surface area (Å²) < 4.78 is 0. The van der Waals surface area contributed by atoms with Crippen molar-refractivity contribution in [3.05, 3.63) is 12.2 Å². The molecule has 2 saturated carbocycles. The third-order valence-corrected chi connectivity index (χ3v) is 4.54. The van der Waals surface area contributed by atoms with E-state index >= 15 is 0 Å². The van der Waals surface area contributed by atoms with Gasteiger partial charge >= 0.3 is 0 Å². The molecule has 1 N–H and O–H groups in total. The summed E-state index contributed by atoms with van der Waals surface area (Å²) in [4.78, 5) is 0. The van der Waals surface area contributed by atoms with Crippen LogP contribution in [0.3, 0.4) is 0 Å². The number of aliphatic hydroxyl groups is 1. The molecule has 0 bridgehead atoms. The SMILES string of the molecule is O[C@@H]1CCC[C@@]23C=C[C@@]12CCC3. The van der Waals surface area contributed by atoms with Crippen molar-refractivity contribution in [1.29, 1.82) is 0 Å². The summed E-state index contributed by atoms with van der Waals surface area (Å²) in [5.41, 5.74) is 0.690. The Labute approximate surface area is 73.5 Å². The molecule has 0 heterocycles. The van der Waals surface area contributed by atoms with Crippen LogP contribution in [-0.2, 0) is 0 Å². The van der Waals surface area contributed by atoms with Crippen molar-refractivity contribution in [3.63, 3.8) is 0 Å². The molecule has 3 atom stereocenters. The molecule has 3 aliphatic carbocycles. The number of rotatable bonds is 0. The minimum atomic E-state index is -0.0289. The first-order chi connectivity index (χ1) is 5.79. The molecule has 0 radical (unpaired) electrons. The first kappa shape index (κ1) is 7.14. The average molecular weight is 164 g/mol. The van der Waals surface area contributed by atoms with Crippen LogP contribution in [0.5, 0.6) is 0 Å². The molecule has 0 aromatic carbocycles. The van der Waals surface area contributed by atoms with Crippen molar-refractivity contribution >= 4 is 0 Å². The Bertz CT molecular complexity index is 245. The molecule has 3 aliphatic rings. The zero-order valence-corrected chi connectivity index (χ0v) is 7.42. The zero-order chi connectivity index (χ0) is 8.23. The van der Waals surface area contributed by atoms with E-state index in [4.69, 9.17) is 0 Å². The van der Waals surface area contributed by atoms with Gasteiger partial charge in [0.25, 0.3) is 0 Å². The molecule has 0 spiro atoms. The van der Waals surface area contributed by atoms with Gasteiger partial charge in [-0.05, 0) is 37.5 Å². The van der Waals surface area contributed by atoms with Crippen LogP contribution in [0.15, 0.2) is 12.2 Å². The quantitative estimate of drug-likeness (QED) is 0.544. The van der Waals surface area contributed by atoms with Gasteiger partial charge in [-0.15, -0.1) is 0 Å². The first-order valence-electron chi connectivity index (χ1n) is 5.18.